The van der Waals surface area contributed by atoms with Crippen LogP contribution in [0, 0.1) is 0 Å². The van der Waals surface area contributed by atoms with Crippen LogP contribution in [0.4, 0.5) is 0 Å². The van der Waals surface area contributed by atoms with Crippen LogP contribution in [-0.4, -0.2) is 14.5 Å². The summed E-state index contributed by atoms with van der Waals surface area (Å²) in [6, 6.07) is 1.94. The van der Waals surface area contributed by atoms with Crippen LogP contribution in [0.1, 0.15) is 13.8 Å². The molecule has 0 aromatic carbocycles. The molecule has 2 aromatic rings. The summed E-state index contributed by atoms with van der Waals surface area (Å²) in [7, 11) is 0. The minimum Gasteiger partial charge on any atom is -0.329 e. The van der Waals surface area contributed by atoms with Gasteiger partial charge in [0.25, 0.3) is 0 Å². The molecule has 15 heavy (non-hydrogen) atoms. The molecule has 0 aliphatic heterocycles. The van der Waals surface area contributed by atoms with E-state index in [2.05, 4.69) is 34.5 Å². The number of rotatable bonds is 2. The lowest BCUT2D eigenvalue weighted by molar-refractivity contribution is 0.841. The van der Waals surface area contributed by atoms with E-state index in [1.54, 1.807) is 0 Å². The van der Waals surface area contributed by atoms with Crippen molar-refractivity contribution in [1.82, 2.24) is 14.5 Å². The molecule has 0 N–H and O–H groups in total. The van der Waals surface area contributed by atoms with Crippen molar-refractivity contribution in [3.8, 4) is 0 Å². The van der Waals surface area contributed by atoms with E-state index >= 15 is 0 Å². The Morgan fingerprint density at radius 3 is 3.00 bits per heavy atom. The molecule has 0 amide bonds. The van der Waals surface area contributed by atoms with Crippen LogP contribution in [0.2, 0.25) is 5.15 Å². The Morgan fingerprint density at radius 1 is 1.47 bits per heavy atom. The van der Waals surface area contributed by atoms with Crippen LogP contribution in [0.3, 0.4) is 0 Å². The van der Waals surface area contributed by atoms with Crippen molar-refractivity contribution >= 4 is 22.6 Å². The van der Waals surface area contributed by atoms with Crippen molar-refractivity contribution in [3.63, 3.8) is 0 Å². The molecule has 2 aromatic heterocycles. The van der Waals surface area contributed by atoms with Gasteiger partial charge in [0.05, 0.1) is 5.39 Å². The molecule has 2 heterocycles. The standard InChI is InChI=1S/C11H12ClN3/c1-8(2)3-5-15-6-4-9-10(12)13-7-14-11(9)15/h3-4,6-7H,5H2,1-2H3. The molecule has 0 bridgehead atoms. The predicted molar refractivity (Wildman–Crippen MR) is 62.0 cm³/mol. The summed E-state index contributed by atoms with van der Waals surface area (Å²) in [4.78, 5) is 8.16. The highest BCUT2D eigenvalue weighted by atomic mass is 35.5. The maximum absolute atomic E-state index is 5.95. The average molecular weight is 222 g/mol. The lowest BCUT2D eigenvalue weighted by atomic mass is 10.3. The number of hydrogen-bond acceptors (Lipinski definition) is 2. The summed E-state index contributed by atoms with van der Waals surface area (Å²) in [6.07, 6.45) is 5.61. The Hall–Kier alpha value is -1.35. The Labute approximate surface area is 93.4 Å². The molecule has 0 aliphatic rings. The van der Waals surface area contributed by atoms with Gasteiger partial charge >= 0.3 is 0 Å². The van der Waals surface area contributed by atoms with Crippen LogP contribution in [-0.2, 0) is 6.54 Å². The number of allylic oxidation sites excluding steroid dienone is 2. The van der Waals surface area contributed by atoms with Gasteiger partial charge in [-0.05, 0) is 19.9 Å². The van der Waals surface area contributed by atoms with Crippen LogP contribution in [0.5, 0.6) is 0 Å². The molecule has 2 rings (SSSR count). The van der Waals surface area contributed by atoms with Gasteiger partial charge in [-0.2, -0.15) is 0 Å². The Kier molecular flexibility index (Phi) is 2.73. The number of halogens is 1. The first-order valence-corrected chi connectivity index (χ1v) is 5.15. The van der Waals surface area contributed by atoms with Gasteiger partial charge in [-0.25, -0.2) is 9.97 Å². The second-order valence-corrected chi connectivity index (χ2v) is 4.01. The van der Waals surface area contributed by atoms with Gasteiger partial charge < -0.3 is 4.57 Å². The van der Waals surface area contributed by atoms with Crippen LogP contribution in [0.15, 0.2) is 30.2 Å². The number of fused-ring (bicyclic) bond motifs is 1. The quantitative estimate of drug-likeness (QED) is 0.577. The Morgan fingerprint density at radius 2 is 2.27 bits per heavy atom. The maximum atomic E-state index is 5.95. The lowest BCUT2D eigenvalue weighted by Gasteiger charge is -2.00. The highest BCUT2D eigenvalue weighted by molar-refractivity contribution is 6.33. The molecule has 0 aliphatic carbocycles. The second kappa shape index (κ2) is 4.03. The third-order valence-electron chi connectivity index (χ3n) is 2.20. The zero-order chi connectivity index (χ0) is 10.8. The van der Waals surface area contributed by atoms with Crippen molar-refractivity contribution in [1.29, 1.82) is 0 Å². The largest absolute Gasteiger partial charge is 0.329 e. The van der Waals surface area contributed by atoms with E-state index in [0.717, 1.165) is 17.6 Å². The van der Waals surface area contributed by atoms with Crippen LogP contribution >= 0.6 is 11.6 Å². The fourth-order valence-electron chi connectivity index (χ4n) is 1.40. The molecule has 0 atom stereocenters. The van der Waals surface area contributed by atoms with Gasteiger partial charge in [0.1, 0.15) is 17.1 Å². The fraction of sp³-hybridized carbons (Fsp3) is 0.273. The fourth-order valence-corrected chi connectivity index (χ4v) is 1.59. The van der Waals surface area contributed by atoms with Crippen LogP contribution < -0.4 is 0 Å². The van der Waals surface area contributed by atoms with Gasteiger partial charge in [0.15, 0.2) is 0 Å². The highest BCUT2D eigenvalue weighted by Gasteiger charge is 2.04. The van der Waals surface area contributed by atoms with Crippen molar-refractivity contribution < 1.29 is 0 Å². The van der Waals surface area contributed by atoms with E-state index in [4.69, 9.17) is 11.6 Å². The maximum Gasteiger partial charge on any atom is 0.145 e. The number of nitrogens with zero attached hydrogens (tertiary/aromatic N) is 3. The predicted octanol–water partition coefficient (Wildman–Crippen LogP) is 3.05. The molecular weight excluding hydrogens is 210 g/mol. The van der Waals surface area contributed by atoms with Gasteiger partial charge in [0, 0.05) is 12.7 Å². The monoisotopic (exact) mass is 221 g/mol. The van der Waals surface area contributed by atoms with E-state index in [1.165, 1.54) is 11.9 Å². The SMILES string of the molecule is CC(C)=CCn1ccc2c(Cl)ncnc21. The molecule has 78 valence electrons. The zero-order valence-corrected chi connectivity index (χ0v) is 9.49. The number of aromatic nitrogens is 3. The molecule has 0 unspecified atom stereocenters. The van der Waals surface area contributed by atoms with Crippen molar-refractivity contribution in [2.24, 2.45) is 0 Å². The summed E-state index contributed by atoms with van der Waals surface area (Å²) in [5.41, 5.74) is 2.17. The third-order valence-corrected chi connectivity index (χ3v) is 2.50. The smallest absolute Gasteiger partial charge is 0.145 e. The minimum atomic E-state index is 0.510. The van der Waals surface area contributed by atoms with Gasteiger partial charge in [-0.3, -0.25) is 0 Å². The first-order chi connectivity index (χ1) is 7.18. The molecule has 0 spiro atoms. The Balaban J connectivity index is 2.45. The summed E-state index contributed by atoms with van der Waals surface area (Å²) >= 11 is 5.95. The van der Waals surface area contributed by atoms with E-state index < -0.39 is 0 Å². The highest BCUT2D eigenvalue weighted by Crippen LogP contribution is 2.19. The van der Waals surface area contributed by atoms with E-state index in [9.17, 15) is 0 Å². The third kappa shape index (κ3) is 2.02. The van der Waals surface area contributed by atoms with Gasteiger partial charge in [-0.1, -0.05) is 23.3 Å². The summed E-state index contributed by atoms with van der Waals surface area (Å²) in [6.45, 7) is 4.97. The zero-order valence-electron chi connectivity index (χ0n) is 8.74. The lowest BCUT2D eigenvalue weighted by Crippen LogP contribution is -1.95. The first-order valence-electron chi connectivity index (χ1n) is 4.77. The van der Waals surface area contributed by atoms with Crippen molar-refractivity contribution in [2.75, 3.05) is 0 Å². The molecule has 3 nitrogen and oxygen atoms in total. The molecule has 4 heteroatoms. The summed E-state index contributed by atoms with van der Waals surface area (Å²) in [5, 5.41) is 1.41. The normalized spacial score (nSPS) is 10.6. The van der Waals surface area contributed by atoms with E-state index in [-0.39, 0.29) is 0 Å². The molecule has 0 radical (unpaired) electrons. The summed E-state index contributed by atoms with van der Waals surface area (Å²) in [5.74, 6) is 0. The topological polar surface area (TPSA) is 30.7 Å². The average Bonchev–Trinajstić information content (AvgIpc) is 2.59. The summed E-state index contributed by atoms with van der Waals surface area (Å²) < 4.78 is 2.05. The van der Waals surface area contributed by atoms with Gasteiger partial charge in [0.2, 0.25) is 0 Å². The van der Waals surface area contributed by atoms with E-state index in [1.807, 2.05) is 12.3 Å². The number of hydrogen-bond donors (Lipinski definition) is 0. The Bertz CT molecular complexity index is 510. The minimum absolute atomic E-state index is 0.510. The van der Waals surface area contributed by atoms with Gasteiger partial charge in [-0.15, -0.1) is 0 Å². The van der Waals surface area contributed by atoms with Crippen molar-refractivity contribution in [3.05, 3.63) is 35.4 Å². The second-order valence-electron chi connectivity index (χ2n) is 3.65. The molecule has 0 saturated carbocycles. The van der Waals surface area contributed by atoms with Crippen LogP contribution in [0.25, 0.3) is 11.0 Å². The van der Waals surface area contributed by atoms with E-state index in [0.29, 0.717) is 5.15 Å². The molecule has 0 fully saturated rings. The van der Waals surface area contributed by atoms with Crippen molar-refractivity contribution in [2.45, 2.75) is 20.4 Å². The first kappa shape index (κ1) is 10.2. The molecular formula is C11H12ClN3. The molecule has 0 saturated heterocycles.